The van der Waals surface area contributed by atoms with Crippen LogP contribution < -0.4 is 10.1 Å². The SMILES string of the molecule is C=CCOc1ccccc1CN=C(NCC)N1CCN(S(=O)(=O)Cc2ccon2)CC1. The van der Waals surface area contributed by atoms with E-state index >= 15 is 0 Å². The summed E-state index contributed by atoms with van der Waals surface area (Å²) < 4.78 is 37.2. The number of ether oxygens (including phenoxy) is 1. The average Bonchev–Trinajstić information content (AvgIpc) is 3.28. The van der Waals surface area contributed by atoms with Crippen molar-refractivity contribution in [2.75, 3.05) is 39.3 Å². The molecule has 9 nitrogen and oxygen atoms in total. The van der Waals surface area contributed by atoms with Gasteiger partial charge in [0.25, 0.3) is 0 Å². The topological polar surface area (TPSA) is 100 Å². The maximum absolute atomic E-state index is 12.6. The Labute approximate surface area is 183 Å². The molecule has 1 aliphatic rings. The van der Waals surface area contributed by atoms with Crippen LogP contribution in [0.25, 0.3) is 0 Å². The second-order valence-corrected chi connectivity index (χ2v) is 8.98. The van der Waals surface area contributed by atoms with Crippen molar-refractivity contribution in [2.24, 2.45) is 4.99 Å². The predicted octanol–water partition coefficient (Wildman–Crippen LogP) is 1.85. The average molecular weight is 448 g/mol. The molecule has 31 heavy (non-hydrogen) atoms. The van der Waals surface area contributed by atoms with E-state index in [0.29, 0.717) is 45.0 Å². The molecular formula is C21H29N5O4S. The third-order valence-corrected chi connectivity index (χ3v) is 6.63. The molecule has 0 atom stereocenters. The first-order chi connectivity index (χ1) is 15.0. The molecule has 3 rings (SSSR count). The zero-order valence-corrected chi connectivity index (χ0v) is 18.6. The van der Waals surface area contributed by atoms with Gasteiger partial charge in [-0.25, -0.2) is 13.4 Å². The number of hydrogen-bond acceptors (Lipinski definition) is 6. The molecule has 0 aliphatic carbocycles. The Morgan fingerprint density at radius 1 is 1.29 bits per heavy atom. The van der Waals surface area contributed by atoms with Gasteiger partial charge < -0.3 is 19.5 Å². The third-order valence-electron chi connectivity index (χ3n) is 4.82. The Kier molecular flexibility index (Phi) is 8.07. The summed E-state index contributed by atoms with van der Waals surface area (Å²) >= 11 is 0. The molecule has 1 fully saturated rings. The highest BCUT2D eigenvalue weighted by Crippen LogP contribution is 2.19. The maximum Gasteiger partial charge on any atom is 0.220 e. The fraction of sp³-hybridized carbons (Fsp3) is 0.429. The molecule has 0 saturated carbocycles. The van der Waals surface area contributed by atoms with Gasteiger partial charge in [0, 0.05) is 44.4 Å². The number of rotatable bonds is 9. The van der Waals surface area contributed by atoms with Gasteiger partial charge in [-0.05, 0) is 13.0 Å². The molecule has 0 bridgehead atoms. The van der Waals surface area contributed by atoms with Crippen molar-refractivity contribution < 1.29 is 17.7 Å². The van der Waals surface area contributed by atoms with Crippen LogP contribution >= 0.6 is 0 Å². The van der Waals surface area contributed by atoms with E-state index < -0.39 is 10.0 Å². The first-order valence-electron chi connectivity index (χ1n) is 10.3. The van der Waals surface area contributed by atoms with Gasteiger partial charge in [0.2, 0.25) is 10.0 Å². The highest BCUT2D eigenvalue weighted by molar-refractivity contribution is 7.88. The molecule has 10 heteroatoms. The van der Waals surface area contributed by atoms with E-state index in [1.165, 1.54) is 10.6 Å². The van der Waals surface area contributed by atoms with Crippen molar-refractivity contribution in [3.05, 3.63) is 60.5 Å². The van der Waals surface area contributed by atoms with Crippen LogP contribution in [-0.2, 0) is 22.3 Å². The lowest BCUT2D eigenvalue weighted by atomic mass is 10.2. The lowest BCUT2D eigenvalue weighted by molar-refractivity contribution is 0.259. The zero-order valence-electron chi connectivity index (χ0n) is 17.7. The smallest absolute Gasteiger partial charge is 0.220 e. The molecule has 1 saturated heterocycles. The number of benzene rings is 1. The fourth-order valence-corrected chi connectivity index (χ4v) is 4.70. The lowest BCUT2D eigenvalue weighted by Crippen LogP contribution is -2.53. The summed E-state index contributed by atoms with van der Waals surface area (Å²) in [5, 5.41) is 7.01. The first-order valence-corrected chi connectivity index (χ1v) is 11.9. The highest BCUT2D eigenvalue weighted by atomic mass is 32.2. The van der Waals surface area contributed by atoms with E-state index in [4.69, 9.17) is 14.3 Å². The van der Waals surface area contributed by atoms with Gasteiger partial charge in [0.05, 0.1) is 12.2 Å². The number of aliphatic imine (C=N–C) groups is 1. The number of guanidine groups is 1. The van der Waals surface area contributed by atoms with Crippen LogP contribution in [0, 0.1) is 0 Å². The largest absolute Gasteiger partial charge is 0.489 e. The Bertz CT molecular complexity index is 967. The second-order valence-electron chi connectivity index (χ2n) is 7.01. The Balaban J connectivity index is 1.63. The number of aromatic nitrogens is 1. The third kappa shape index (κ3) is 6.31. The molecule has 0 amide bonds. The number of nitrogens with one attached hydrogen (secondary N) is 1. The normalized spacial score (nSPS) is 15.6. The Morgan fingerprint density at radius 2 is 2.06 bits per heavy atom. The van der Waals surface area contributed by atoms with E-state index in [1.54, 1.807) is 12.1 Å². The highest BCUT2D eigenvalue weighted by Gasteiger charge is 2.29. The minimum Gasteiger partial charge on any atom is -0.489 e. The van der Waals surface area contributed by atoms with Crippen molar-refractivity contribution in [1.29, 1.82) is 0 Å². The molecule has 2 aromatic rings. The quantitative estimate of drug-likeness (QED) is 0.356. The molecule has 0 spiro atoms. The molecule has 1 aliphatic heterocycles. The van der Waals surface area contributed by atoms with Gasteiger partial charge in [0.15, 0.2) is 5.96 Å². The summed E-state index contributed by atoms with van der Waals surface area (Å²) in [6.45, 7) is 9.20. The fourth-order valence-electron chi connectivity index (χ4n) is 3.28. The van der Waals surface area contributed by atoms with Crippen LogP contribution in [-0.4, -0.2) is 68.1 Å². The number of para-hydroxylation sites is 1. The lowest BCUT2D eigenvalue weighted by Gasteiger charge is -2.35. The molecule has 0 radical (unpaired) electrons. The standard InChI is InChI=1S/C21H29N5O4S/c1-3-14-29-20-8-6-5-7-18(20)16-23-21(22-4-2)25-10-12-26(13-11-25)31(27,28)17-19-9-15-30-24-19/h3,5-9,15H,1,4,10-14,16-17H2,2H3,(H,22,23). The van der Waals surface area contributed by atoms with Crippen LogP contribution in [0.1, 0.15) is 18.2 Å². The predicted molar refractivity (Wildman–Crippen MR) is 119 cm³/mol. The molecule has 1 N–H and O–H groups in total. The monoisotopic (exact) mass is 447 g/mol. The molecule has 2 heterocycles. The van der Waals surface area contributed by atoms with Crippen molar-refractivity contribution in [1.82, 2.24) is 19.7 Å². The van der Waals surface area contributed by atoms with E-state index in [0.717, 1.165) is 23.8 Å². The molecule has 1 aromatic heterocycles. The van der Waals surface area contributed by atoms with Crippen molar-refractivity contribution >= 4 is 16.0 Å². The van der Waals surface area contributed by atoms with E-state index in [-0.39, 0.29) is 5.75 Å². The van der Waals surface area contributed by atoms with Crippen molar-refractivity contribution in [3.63, 3.8) is 0 Å². The number of piperazine rings is 1. The summed E-state index contributed by atoms with van der Waals surface area (Å²) in [5.74, 6) is 1.39. The summed E-state index contributed by atoms with van der Waals surface area (Å²) in [6.07, 6.45) is 3.09. The maximum atomic E-state index is 12.6. The van der Waals surface area contributed by atoms with E-state index in [1.807, 2.05) is 31.2 Å². The van der Waals surface area contributed by atoms with Gasteiger partial charge in [-0.2, -0.15) is 4.31 Å². The van der Waals surface area contributed by atoms with E-state index in [2.05, 4.69) is 22.0 Å². The van der Waals surface area contributed by atoms with Crippen LogP contribution in [0.3, 0.4) is 0 Å². The minimum absolute atomic E-state index is 0.154. The number of sulfonamides is 1. The molecule has 0 unspecified atom stereocenters. The molecule has 1 aromatic carbocycles. The van der Waals surface area contributed by atoms with Crippen LogP contribution in [0.4, 0.5) is 0 Å². The van der Waals surface area contributed by atoms with Gasteiger partial charge >= 0.3 is 0 Å². The molecule has 168 valence electrons. The van der Waals surface area contributed by atoms with Crippen molar-refractivity contribution in [2.45, 2.75) is 19.2 Å². The summed E-state index contributed by atoms with van der Waals surface area (Å²) in [6, 6.07) is 9.35. The number of hydrogen-bond donors (Lipinski definition) is 1. The van der Waals surface area contributed by atoms with Gasteiger partial charge in [0.1, 0.15) is 24.4 Å². The second kappa shape index (κ2) is 11.0. The van der Waals surface area contributed by atoms with Crippen LogP contribution in [0.15, 0.2) is 58.8 Å². The summed E-state index contributed by atoms with van der Waals surface area (Å²) in [7, 11) is -3.44. The number of nitrogens with zero attached hydrogens (tertiary/aromatic N) is 4. The van der Waals surface area contributed by atoms with Gasteiger partial charge in [-0.15, -0.1) is 0 Å². The van der Waals surface area contributed by atoms with E-state index in [9.17, 15) is 8.42 Å². The summed E-state index contributed by atoms with van der Waals surface area (Å²) in [4.78, 5) is 6.84. The summed E-state index contributed by atoms with van der Waals surface area (Å²) in [5.41, 5.74) is 1.39. The van der Waals surface area contributed by atoms with Crippen LogP contribution in [0.2, 0.25) is 0 Å². The molecular weight excluding hydrogens is 418 g/mol. The van der Waals surface area contributed by atoms with Gasteiger partial charge in [-0.3, -0.25) is 0 Å². The first kappa shape index (κ1) is 22.8. The van der Waals surface area contributed by atoms with Crippen molar-refractivity contribution in [3.8, 4) is 5.75 Å². The zero-order chi connectivity index (χ0) is 22.1. The Morgan fingerprint density at radius 3 is 2.74 bits per heavy atom. The van der Waals surface area contributed by atoms with Crippen LogP contribution in [0.5, 0.6) is 5.75 Å². The Hall–Kier alpha value is -2.85. The minimum atomic E-state index is -3.44. The van der Waals surface area contributed by atoms with Gasteiger partial charge in [-0.1, -0.05) is 36.0 Å².